The summed E-state index contributed by atoms with van der Waals surface area (Å²) in [4.78, 5) is 0. The fourth-order valence-electron chi connectivity index (χ4n) is 2.30. The molecule has 1 rings (SSSR count). The van der Waals surface area contributed by atoms with Gasteiger partial charge in [0, 0.05) is 37.3 Å². The van der Waals surface area contributed by atoms with Gasteiger partial charge >= 0.3 is 0 Å². The Bertz CT molecular complexity index is 208. The van der Waals surface area contributed by atoms with Crippen molar-refractivity contribution in [3.8, 4) is 0 Å². The van der Waals surface area contributed by atoms with E-state index in [-0.39, 0.29) is 11.1 Å². The van der Waals surface area contributed by atoms with Crippen LogP contribution in [0.1, 0.15) is 26.7 Å². The van der Waals surface area contributed by atoms with Gasteiger partial charge in [0.1, 0.15) is 0 Å². The molecule has 0 aromatic heterocycles. The SMILES string of the molecule is CC1(N)CNCCCNCC(C)(N)CNCCCNC1. The first-order chi connectivity index (χ1) is 9.41. The third-order valence-corrected chi connectivity index (χ3v) is 3.53. The van der Waals surface area contributed by atoms with Gasteiger partial charge in [0.2, 0.25) is 0 Å². The first-order valence-corrected chi connectivity index (χ1v) is 7.82. The van der Waals surface area contributed by atoms with Gasteiger partial charge < -0.3 is 32.7 Å². The van der Waals surface area contributed by atoms with Gasteiger partial charge in [-0.15, -0.1) is 0 Å². The van der Waals surface area contributed by atoms with Gasteiger partial charge in [0.05, 0.1) is 0 Å². The Balaban J connectivity index is 2.34. The van der Waals surface area contributed by atoms with Crippen LogP contribution in [0.4, 0.5) is 0 Å². The molecule has 1 heterocycles. The van der Waals surface area contributed by atoms with Gasteiger partial charge in [0.25, 0.3) is 0 Å². The van der Waals surface area contributed by atoms with Crippen molar-refractivity contribution in [1.82, 2.24) is 21.3 Å². The van der Waals surface area contributed by atoms with E-state index in [1.54, 1.807) is 0 Å². The molecule has 0 radical (unpaired) electrons. The fourth-order valence-corrected chi connectivity index (χ4v) is 2.30. The number of nitrogens with one attached hydrogen (secondary N) is 4. The normalized spacial score (nSPS) is 36.6. The van der Waals surface area contributed by atoms with E-state index in [0.717, 1.165) is 65.2 Å². The van der Waals surface area contributed by atoms with E-state index in [0.29, 0.717) is 0 Å². The van der Waals surface area contributed by atoms with Crippen molar-refractivity contribution in [3.05, 3.63) is 0 Å². The van der Waals surface area contributed by atoms with Crippen LogP contribution < -0.4 is 32.7 Å². The van der Waals surface area contributed by atoms with Crippen molar-refractivity contribution in [2.75, 3.05) is 52.4 Å². The summed E-state index contributed by atoms with van der Waals surface area (Å²) in [5.41, 5.74) is 12.1. The van der Waals surface area contributed by atoms with E-state index in [2.05, 4.69) is 35.1 Å². The summed E-state index contributed by atoms with van der Waals surface area (Å²) >= 11 is 0. The van der Waals surface area contributed by atoms with Crippen molar-refractivity contribution >= 4 is 0 Å². The zero-order chi connectivity index (χ0) is 14.9. The average Bonchev–Trinajstić information content (AvgIpc) is 2.35. The Hall–Kier alpha value is -0.240. The molecule has 6 nitrogen and oxygen atoms in total. The van der Waals surface area contributed by atoms with Crippen LogP contribution in [-0.2, 0) is 0 Å². The molecule has 0 unspecified atom stereocenters. The summed E-state index contributed by atoms with van der Waals surface area (Å²) in [5, 5.41) is 13.7. The zero-order valence-electron chi connectivity index (χ0n) is 13.2. The molecule has 6 heteroatoms. The molecular formula is C14H34N6. The van der Waals surface area contributed by atoms with Crippen LogP contribution in [0.25, 0.3) is 0 Å². The molecule has 20 heavy (non-hydrogen) atoms. The van der Waals surface area contributed by atoms with Crippen LogP contribution in [0.5, 0.6) is 0 Å². The third kappa shape index (κ3) is 8.84. The van der Waals surface area contributed by atoms with Gasteiger partial charge in [-0.3, -0.25) is 0 Å². The maximum absolute atomic E-state index is 6.25. The first-order valence-electron chi connectivity index (χ1n) is 7.82. The Morgan fingerprint density at radius 1 is 0.600 bits per heavy atom. The van der Waals surface area contributed by atoms with E-state index in [9.17, 15) is 0 Å². The molecule has 1 fully saturated rings. The Morgan fingerprint density at radius 2 is 0.850 bits per heavy atom. The quantitative estimate of drug-likeness (QED) is 0.327. The molecule has 8 N–H and O–H groups in total. The fraction of sp³-hybridized carbons (Fsp3) is 1.00. The van der Waals surface area contributed by atoms with E-state index >= 15 is 0 Å². The van der Waals surface area contributed by atoms with Crippen LogP contribution in [0, 0.1) is 0 Å². The maximum atomic E-state index is 6.25. The number of rotatable bonds is 0. The molecule has 1 aliphatic heterocycles. The molecule has 0 spiro atoms. The van der Waals surface area contributed by atoms with Crippen molar-refractivity contribution in [2.45, 2.75) is 37.8 Å². The molecule has 0 saturated carbocycles. The highest BCUT2D eigenvalue weighted by molar-refractivity contribution is 4.85. The second-order valence-corrected chi connectivity index (χ2v) is 6.72. The molecule has 1 saturated heterocycles. The lowest BCUT2D eigenvalue weighted by Crippen LogP contribution is -2.55. The summed E-state index contributed by atoms with van der Waals surface area (Å²) in [5.74, 6) is 0. The summed E-state index contributed by atoms with van der Waals surface area (Å²) in [6.45, 7) is 11.5. The monoisotopic (exact) mass is 286 g/mol. The molecule has 0 atom stereocenters. The summed E-state index contributed by atoms with van der Waals surface area (Å²) in [6, 6.07) is 0. The summed E-state index contributed by atoms with van der Waals surface area (Å²) < 4.78 is 0. The highest BCUT2D eigenvalue weighted by atomic mass is 15.0. The Labute approximate surface area is 123 Å². The standard InChI is InChI=1S/C14H34N6/c1-13(15)9-17-5-3-7-19-11-14(2,16)12-20-8-4-6-18-10-13/h17-20H,3-12,15-16H2,1-2H3. The highest BCUT2D eigenvalue weighted by Gasteiger charge is 2.18. The lowest BCUT2D eigenvalue weighted by molar-refractivity contribution is 0.375. The number of hydrogen-bond acceptors (Lipinski definition) is 6. The second-order valence-electron chi connectivity index (χ2n) is 6.72. The maximum Gasteiger partial charge on any atom is 0.0378 e. The van der Waals surface area contributed by atoms with E-state index in [1.807, 2.05) is 0 Å². The molecular weight excluding hydrogens is 252 g/mol. The van der Waals surface area contributed by atoms with Gasteiger partial charge in [-0.05, 0) is 52.9 Å². The lowest BCUT2D eigenvalue weighted by Gasteiger charge is -2.27. The van der Waals surface area contributed by atoms with Gasteiger partial charge in [-0.2, -0.15) is 0 Å². The third-order valence-electron chi connectivity index (χ3n) is 3.53. The number of hydrogen-bond donors (Lipinski definition) is 6. The second kappa shape index (κ2) is 8.92. The van der Waals surface area contributed by atoms with Gasteiger partial charge in [0.15, 0.2) is 0 Å². The average molecular weight is 286 g/mol. The molecule has 1 aliphatic rings. The largest absolute Gasteiger partial charge is 0.323 e. The molecule has 0 aromatic rings. The minimum atomic E-state index is -0.187. The van der Waals surface area contributed by atoms with Crippen molar-refractivity contribution in [3.63, 3.8) is 0 Å². The lowest BCUT2D eigenvalue weighted by atomic mass is 10.0. The van der Waals surface area contributed by atoms with Gasteiger partial charge in [-0.25, -0.2) is 0 Å². The van der Waals surface area contributed by atoms with E-state index < -0.39 is 0 Å². The zero-order valence-corrected chi connectivity index (χ0v) is 13.2. The number of nitrogens with two attached hydrogens (primary N) is 2. The minimum Gasteiger partial charge on any atom is -0.323 e. The van der Waals surface area contributed by atoms with Crippen LogP contribution in [0.2, 0.25) is 0 Å². The molecule has 0 amide bonds. The molecule has 0 bridgehead atoms. The van der Waals surface area contributed by atoms with Crippen LogP contribution in [0.3, 0.4) is 0 Å². The Kier molecular flexibility index (Phi) is 7.94. The minimum absolute atomic E-state index is 0.187. The summed E-state index contributed by atoms with van der Waals surface area (Å²) in [6.07, 6.45) is 2.18. The smallest absolute Gasteiger partial charge is 0.0378 e. The summed E-state index contributed by atoms with van der Waals surface area (Å²) in [7, 11) is 0. The predicted molar refractivity (Wildman–Crippen MR) is 85.9 cm³/mol. The predicted octanol–water partition coefficient (Wildman–Crippen LogP) is -1.43. The van der Waals surface area contributed by atoms with Crippen molar-refractivity contribution in [2.24, 2.45) is 11.5 Å². The Morgan fingerprint density at radius 3 is 1.10 bits per heavy atom. The van der Waals surface area contributed by atoms with Crippen LogP contribution in [0.15, 0.2) is 0 Å². The van der Waals surface area contributed by atoms with E-state index in [4.69, 9.17) is 11.5 Å². The highest BCUT2D eigenvalue weighted by Crippen LogP contribution is 1.97. The van der Waals surface area contributed by atoms with Crippen LogP contribution in [-0.4, -0.2) is 63.4 Å². The van der Waals surface area contributed by atoms with Crippen LogP contribution >= 0.6 is 0 Å². The topological polar surface area (TPSA) is 100 Å². The van der Waals surface area contributed by atoms with E-state index in [1.165, 1.54) is 0 Å². The molecule has 0 aliphatic carbocycles. The van der Waals surface area contributed by atoms with Crippen molar-refractivity contribution < 1.29 is 0 Å². The van der Waals surface area contributed by atoms with Crippen molar-refractivity contribution in [1.29, 1.82) is 0 Å². The van der Waals surface area contributed by atoms with Gasteiger partial charge in [-0.1, -0.05) is 0 Å². The molecule has 120 valence electrons. The molecule has 0 aromatic carbocycles. The first kappa shape index (κ1) is 17.8.